The van der Waals surface area contributed by atoms with Crippen LogP contribution in [0.4, 0.5) is 0 Å². The minimum atomic E-state index is -2.67. The molecule has 32 heavy (non-hydrogen) atoms. The van der Waals surface area contributed by atoms with E-state index in [1.165, 1.54) is 13.8 Å². The maximum atomic E-state index is 9.63. The molecule has 0 aliphatic heterocycles. The third kappa shape index (κ3) is 309. The predicted molar refractivity (Wildman–Crippen MR) is 154 cm³/mol. The monoisotopic (exact) mass is 524 g/mol. The molecule has 5 nitrogen and oxygen atoms in total. The number of sulfone groups is 1. The van der Waals surface area contributed by atoms with Crippen LogP contribution in [-0.2, 0) is 30.2 Å². The molecule has 0 aliphatic rings. The summed E-state index contributed by atoms with van der Waals surface area (Å²) >= 11 is 1.75. The van der Waals surface area contributed by atoms with E-state index in [1.54, 1.807) is 38.5 Å². The Hall–Kier alpha value is 0.0800. The summed E-state index contributed by atoms with van der Waals surface area (Å²) < 4.78 is 33.1. The van der Waals surface area contributed by atoms with Crippen LogP contribution in [0.5, 0.6) is 0 Å². The number of thioether (sulfide) groups is 1. The molecule has 0 fully saturated rings. The third-order valence-electron chi connectivity index (χ3n) is 2.25. The molecule has 8 heteroatoms. The molecule has 0 spiro atoms. The molecule has 0 aromatic heterocycles. The zero-order valence-electron chi connectivity index (χ0n) is 25.3. The molecule has 0 amide bonds. The quantitative estimate of drug-likeness (QED) is 0.354. The van der Waals surface area contributed by atoms with E-state index in [-0.39, 0.29) is 5.78 Å². The number of carbonyl (C=O) groups is 1. The van der Waals surface area contributed by atoms with Crippen LogP contribution >= 0.6 is 11.8 Å². The fraction of sp³-hybridized carbons (Fsp3) is 0.958. The Morgan fingerprint density at radius 2 is 0.781 bits per heavy atom. The summed E-state index contributed by atoms with van der Waals surface area (Å²) in [6.45, 7) is 25.4. The number of hydrogen-bond acceptors (Lipinski definition) is 6. The fourth-order valence-corrected chi connectivity index (χ4v) is 0. The summed E-state index contributed by atoms with van der Waals surface area (Å²) in [5.74, 6) is 0.167. The molecule has 0 aliphatic carbocycles. The first kappa shape index (κ1) is 49.3. The van der Waals surface area contributed by atoms with E-state index in [9.17, 15) is 17.4 Å². The molecule has 0 N–H and O–H groups in total. The first-order valence-corrected chi connectivity index (χ1v) is 16.1. The van der Waals surface area contributed by atoms with Gasteiger partial charge in [0.1, 0.15) is 15.6 Å². The van der Waals surface area contributed by atoms with Crippen molar-refractivity contribution in [2.45, 2.75) is 83.1 Å². The van der Waals surface area contributed by atoms with Gasteiger partial charge < -0.3 is 9.53 Å². The molecule has 0 atom stereocenters. The van der Waals surface area contributed by atoms with Crippen LogP contribution in [0.15, 0.2) is 0 Å². The van der Waals surface area contributed by atoms with Gasteiger partial charge in [-0.05, 0) is 42.6 Å². The van der Waals surface area contributed by atoms with Gasteiger partial charge in [0, 0.05) is 50.0 Å². The highest BCUT2D eigenvalue weighted by Crippen LogP contribution is 2.36. The van der Waals surface area contributed by atoms with Gasteiger partial charge in [-0.25, -0.2) is 8.42 Å². The highest BCUT2D eigenvalue weighted by molar-refractivity contribution is 7.97. The van der Waals surface area contributed by atoms with Crippen molar-refractivity contribution >= 4 is 38.2 Å². The molecule has 0 heterocycles. The van der Waals surface area contributed by atoms with Gasteiger partial charge in [-0.3, -0.25) is 4.21 Å². The van der Waals surface area contributed by atoms with Gasteiger partial charge in [-0.1, -0.05) is 69.2 Å². The van der Waals surface area contributed by atoms with Crippen molar-refractivity contribution in [2.24, 2.45) is 16.2 Å². The summed E-state index contributed by atoms with van der Waals surface area (Å²) in [7, 11) is -0.0278. The zero-order valence-corrected chi connectivity index (χ0v) is 27.7. The molecular formula is C24H60O5S3. The molecular weight excluding hydrogens is 464 g/mol. The van der Waals surface area contributed by atoms with Crippen LogP contribution in [-0.4, -0.2) is 70.2 Å². The lowest BCUT2D eigenvalue weighted by molar-refractivity contribution is -0.115. The van der Waals surface area contributed by atoms with Gasteiger partial charge >= 0.3 is 0 Å². The standard InChI is InChI=1S/C8H18.C5H12.C3H6O.C2H6O2S.C2H6OS.C2H6O.C2H6S/c1-7(2,3)8(4,5)6;1-5(2,3)4;1-3(2)4;1-5(2,3)4;1-4(2)3;2*1-3-2/h1-6H3;1-4H3;1-2H3;1-2H3;1-2H3;2*1-2H3. The molecule has 204 valence electrons. The van der Waals surface area contributed by atoms with Gasteiger partial charge in [-0.2, -0.15) is 11.8 Å². The summed E-state index contributed by atoms with van der Waals surface area (Å²) in [5.41, 5.74) is 1.38. The van der Waals surface area contributed by atoms with Crippen LogP contribution in [0.25, 0.3) is 0 Å². The van der Waals surface area contributed by atoms with Crippen molar-refractivity contribution in [3.63, 3.8) is 0 Å². The van der Waals surface area contributed by atoms with E-state index < -0.39 is 20.6 Å². The summed E-state index contributed by atoms with van der Waals surface area (Å²) in [6.07, 6.45) is 9.68. The zero-order chi connectivity index (χ0) is 28.6. The van der Waals surface area contributed by atoms with Gasteiger partial charge in [0.15, 0.2) is 0 Å². The topological polar surface area (TPSA) is 77.5 Å². The van der Waals surface area contributed by atoms with E-state index >= 15 is 0 Å². The van der Waals surface area contributed by atoms with Crippen molar-refractivity contribution in [3.05, 3.63) is 0 Å². The smallest absolute Gasteiger partial charge is 0.144 e. The van der Waals surface area contributed by atoms with Gasteiger partial charge in [0.25, 0.3) is 0 Å². The lowest BCUT2D eigenvalue weighted by Crippen LogP contribution is -2.25. The predicted octanol–water partition coefficient (Wildman–Crippen LogP) is 6.62. The van der Waals surface area contributed by atoms with E-state index in [0.29, 0.717) is 16.2 Å². The SMILES string of the molecule is CC(C)(C)C.CC(C)(C)C(C)(C)C.CC(C)=O.COC.CS(C)(=O)=O.CS(C)=O.CSC. The van der Waals surface area contributed by atoms with Crippen molar-refractivity contribution in [1.82, 2.24) is 0 Å². The van der Waals surface area contributed by atoms with Crippen molar-refractivity contribution in [3.8, 4) is 0 Å². The Bertz CT molecular complexity index is 445. The fourth-order valence-electron chi connectivity index (χ4n) is 0. The van der Waals surface area contributed by atoms with Crippen molar-refractivity contribution in [2.75, 3.05) is 51.8 Å². The number of ether oxygens (including phenoxy) is 1. The normalized spacial score (nSPS) is 10.3. The van der Waals surface area contributed by atoms with Gasteiger partial charge in [0.05, 0.1) is 0 Å². The maximum Gasteiger partial charge on any atom is 0.144 e. The molecule has 0 saturated carbocycles. The van der Waals surface area contributed by atoms with Crippen LogP contribution in [0.3, 0.4) is 0 Å². The van der Waals surface area contributed by atoms with E-state index in [2.05, 4.69) is 74.0 Å². The second-order valence-corrected chi connectivity index (χ2v) is 15.7. The Balaban J connectivity index is -0.0000000470. The molecule has 0 saturated heterocycles. The van der Waals surface area contributed by atoms with Crippen molar-refractivity contribution in [1.29, 1.82) is 0 Å². The average molecular weight is 525 g/mol. The molecule has 0 bridgehead atoms. The minimum Gasteiger partial charge on any atom is -0.388 e. The minimum absolute atomic E-state index is 0.167. The van der Waals surface area contributed by atoms with Gasteiger partial charge in [0.2, 0.25) is 0 Å². The molecule has 0 rings (SSSR count). The first-order valence-electron chi connectivity index (χ1n) is 10.2. The van der Waals surface area contributed by atoms with Crippen LogP contribution < -0.4 is 0 Å². The van der Waals surface area contributed by atoms with Gasteiger partial charge in [-0.15, -0.1) is 0 Å². The Morgan fingerprint density at radius 3 is 0.781 bits per heavy atom. The Morgan fingerprint density at radius 1 is 0.750 bits per heavy atom. The maximum absolute atomic E-state index is 9.63. The number of methoxy groups -OCH3 is 1. The molecule has 0 unspecified atom stereocenters. The van der Waals surface area contributed by atoms with Crippen LogP contribution in [0.1, 0.15) is 83.1 Å². The summed E-state index contributed by atoms with van der Waals surface area (Å²) in [5, 5.41) is 0. The van der Waals surface area contributed by atoms with E-state index in [1.807, 2.05) is 12.5 Å². The van der Waals surface area contributed by atoms with Crippen molar-refractivity contribution < 1.29 is 22.2 Å². The summed E-state index contributed by atoms with van der Waals surface area (Å²) in [4.78, 5) is 9.44. The first-order chi connectivity index (χ1) is 13.5. The molecule has 0 radical (unpaired) electrons. The van der Waals surface area contributed by atoms with E-state index in [4.69, 9.17) is 0 Å². The highest BCUT2D eigenvalue weighted by Gasteiger charge is 2.26. The number of ketones is 1. The molecule has 0 aromatic carbocycles. The average Bonchev–Trinajstić information content (AvgIpc) is 2.31. The second kappa shape index (κ2) is 27.3. The van der Waals surface area contributed by atoms with E-state index in [0.717, 1.165) is 12.5 Å². The number of rotatable bonds is 0. The number of Topliss-reactive ketones (excluding diaryl/α,β-unsaturated/α-hetero) is 1. The Labute approximate surface area is 211 Å². The van der Waals surface area contributed by atoms with Crippen LogP contribution in [0, 0.1) is 16.2 Å². The lowest BCUT2D eigenvalue weighted by atomic mass is 9.71. The number of hydrogen-bond donors (Lipinski definition) is 0. The third-order valence-corrected chi connectivity index (χ3v) is 2.25. The highest BCUT2D eigenvalue weighted by atomic mass is 32.2. The van der Waals surface area contributed by atoms with Crippen LogP contribution in [0.2, 0.25) is 0 Å². The Kier molecular flexibility index (Phi) is 42.1. The largest absolute Gasteiger partial charge is 0.388 e. The molecule has 0 aromatic rings. The summed E-state index contributed by atoms with van der Waals surface area (Å²) in [6, 6.07) is 0. The second-order valence-electron chi connectivity index (χ2n) is 11.1. The number of carbonyl (C=O) groups excluding carboxylic acids is 1. The lowest BCUT2D eigenvalue weighted by Gasteiger charge is -2.34.